The third-order valence-electron chi connectivity index (χ3n) is 2.32. The molecule has 0 amide bonds. The van der Waals surface area contributed by atoms with Crippen molar-refractivity contribution in [1.82, 2.24) is 0 Å². The Kier molecular flexibility index (Phi) is 6.72. The lowest BCUT2D eigenvalue weighted by molar-refractivity contribution is -0.139. The number of Topliss-reactive ketones (excluding diaryl/α,β-unsaturated/α-hetero) is 1. The minimum atomic E-state index is -0.833. The van der Waals surface area contributed by atoms with E-state index in [-0.39, 0.29) is 6.61 Å². The zero-order valence-corrected chi connectivity index (χ0v) is 10.6. The smallest absolute Gasteiger partial charge is 0.379 e. The fraction of sp³-hybridized carbons (Fsp3) is 0.429. The van der Waals surface area contributed by atoms with E-state index >= 15 is 0 Å². The first-order chi connectivity index (χ1) is 8.75. The van der Waals surface area contributed by atoms with E-state index in [0.717, 1.165) is 12.8 Å². The molecule has 0 aliphatic heterocycles. The van der Waals surface area contributed by atoms with Gasteiger partial charge in [0.2, 0.25) is 0 Å². The van der Waals surface area contributed by atoms with Gasteiger partial charge in [0, 0.05) is 12.2 Å². The predicted molar refractivity (Wildman–Crippen MR) is 67.5 cm³/mol. The summed E-state index contributed by atoms with van der Waals surface area (Å²) in [4.78, 5) is 23.0. The van der Waals surface area contributed by atoms with Crippen molar-refractivity contribution in [3.05, 3.63) is 35.9 Å². The molecule has 0 atom stereocenters. The van der Waals surface area contributed by atoms with Crippen molar-refractivity contribution in [2.45, 2.75) is 19.8 Å². The van der Waals surface area contributed by atoms with Crippen molar-refractivity contribution in [1.29, 1.82) is 0 Å². The average Bonchev–Trinajstić information content (AvgIpc) is 2.42. The third kappa shape index (κ3) is 5.10. The number of ketones is 1. The Morgan fingerprint density at radius 3 is 2.44 bits per heavy atom. The molecule has 4 nitrogen and oxygen atoms in total. The van der Waals surface area contributed by atoms with Crippen LogP contribution in [-0.2, 0) is 14.3 Å². The molecule has 1 rings (SSSR count). The topological polar surface area (TPSA) is 52.6 Å². The molecule has 4 heteroatoms. The van der Waals surface area contributed by atoms with Gasteiger partial charge in [-0.25, -0.2) is 4.79 Å². The van der Waals surface area contributed by atoms with Crippen LogP contribution in [0, 0.1) is 0 Å². The van der Waals surface area contributed by atoms with Crippen LogP contribution in [0.25, 0.3) is 0 Å². The van der Waals surface area contributed by atoms with Crippen LogP contribution < -0.4 is 0 Å². The number of hydrogen-bond donors (Lipinski definition) is 0. The molecule has 0 aromatic heterocycles. The average molecular weight is 250 g/mol. The zero-order valence-electron chi connectivity index (χ0n) is 10.6. The van der Waals surface area contributed by atoms with Gasteiger partial charge in [0.15, 0.2) is 0 Å². The van der Waals surface area contributed by atoms with E-state index in [2.05, 4.69) is 6.92 Å². The molecule has 0 aliphatic carbocycles. The molecular weight excluding hydrogens is 232 g/mol. The van der Waals surface area contributed by atoms with E-state index in [4.69, 9.17) is 9.47 Å². The molecular formula is C14H18O4. The first-order valence-corrected chi connectivity index (χ1v) is 6.10. The molecule has 1 aromatic carbocycles. The second-order valence-corrected chi connectivity index (χ2v) is 3.80. The molecule has 0 aliphatic rings. The Morgan fingerprint density at radius 1 is 1.06 bits per heavy atom. The van der Waals surface area contributed by atoms with Crippen LogP contribution in [0.2, 0.25) is 0 Å². The maximum Gasteiger partial charge on any atom is 0.379 e. The fourth-order valence-corrected chi connectivity index (χ4v) is 1.31. The molecule has 0 heterocycles. The Labute approximate surface area is 107 Å². The van der Waals surface area contributed by atoms with Crippen molar-refractivity contribution >= 4 is 11.8 Å². The number of unbranched alkanes of at least 4 members (excludes halogenated alkanes) is 1. The van der Waals surface area contributed by atoms with Gasteiger partial charge in [0.1, 0.15) is 6.61 Å². The highest BCUT2D eigenvalue weighted by molar-refractivity contribution is 6.40. The van der Waals surface area contributed by atoms with Crippen molar-refractivity contribution in [3.63, 3.8) is 0 Å². The van der Waals surface area contributed by atoms with E-state index in [1.165, 1.54) is 0 Å². The molecule has 0 saturated carbocycles. The quantitative estimate of drug-likeness (QED) is 0.307. The summed E-state index contributed by atoms with van der Waals surface area (Å²) >= 11 is 0. The van der Waals surface area contributed by atoms with Gasteiger partial charge in [-0.3, -0.25) is 4.79 Å². The maximum atomic E-state index is 11.6. The van der Waals surface area contributed by atoms with Crippen molar-refractivity contribution < 1.29 is 19.1 Å². The van der Waals surface area contributed by atoms with Gasteiger partial charge >= 0.3 is 5.97 Å². The molecule has 1 aromatic rings. The van der Waals surface area contributed by atoms with Crippen molar-refractivity contribution in [2.24, 2.45) is 0 Å². The van der Waals surface area contributed by atoms with E-state index in [1.54, 1.807) is 30.3 Å². The lowest BCUT2D eigenvalue weighted by Gasteiger charge is -2.05. The molecule has 0 N–H and O–H groups in total. The van der Waals surface area contributed by atoms with Crippen LogP contribution in [0.5, 0.6) is 0 Å². The molecule has 0 bridgehead atoms. The molecule has 18 heavy (non-hydrogen) atoms. The van der Waals surface area contributed by atoms with E-state index in [0.29, 0.717) is 18.8 Å². The third-order valence-corrected chi connectivity index (χ3v) is 2.32. The van der Waals surface area contributed by atoms with Gasteiger partial charge in [-0.1, -0.05) is 43.7 Å². The monoisotopic (exact) mass is 250 g/mol. The summed E-state index contributed by atoms with van der Waals surface area (Å²) in [6.45, 7) is 3.16. The van der Waals surface area contributed by atoms with Crippen LogP contribution >= 0.6 is 0 Å². The zero-order chi connectivity index (χ0) is 13.2. The Balaban J connectivity index is 2.23. The summed E-state index contributed by atoms with van der Waals surface area (Å²) in [6, 6.07) is 8.36. The van der Waals surface area contributed by atoms with Gasteiger partial charge in [-0.05, 0) is 6.42 Å². The number of benzene rings is 1. The van der Waals surface area contributed by atoms with Crippen LogP contribution in [0.4, 0.5) is 0 Å². The first kappa shape index (κ1) is 14.4. The predicted octanol–water partition coefficient (Wildman–Crippen LogP) is 2.23. The van der Waals surface area contributed by atoms with Crippen LogP contribution in [0.1, 0.15) is 30.1 Å². The highest BCUT2D eigenvalue weighted by atomic mass is 16.6. The molecule has 0 radical (unpaired) electrons. The summed E-state index contributed by atoms with van der Waals surface area (Å²) in [5.74, 6) is -1.45. The standard InChI is InChI=1S/C14H18O4/c1-2-3-9-17-10-11-18-14(16)13(15)12-7-5-4-6-8-12/h4-8H,2-3,9-11H2,1H3. The van der Waals surface area contributed by atoms with Gasteiger partial charge in [-0.2, -0.15) is 0 Å². The molecule has 98 valence electrons. The number of ether oxygens (including phenoxy) is 2. The van der Waals surface area contributed by atoms with E-state index in [9.17, 15) is 9.59 Å². The summed E-state index contributed by atoms with van der Waals surface area (Å²) in [7, 11) is 0. The van der Waals surface area contributed by atoms with Crippen molar-refractivity contribution in [3.8, 4) is 0 Å². The number of carbonyl (C=O) groups excluding carboxylic acids is 2. The van der Waals surface area contributed by atoms with E-state index < -0.39 is 11.8 Å². The van der Waals surface area contributed by atoms with Crippen molar-refractivity contribution in [2.75, 3.05) is 19.8 Å². The minimum absolute atomic E-state index is 0.112. The SMILES string of the molecule is CCCCOCCOC(=O)C(=O)c1ccccc1. The maximum absolute atomic E-state index is 11.6. The van der Waals surface area contributed by atoms with Gasteiger partial charge in [-0.15, -0.1) is 0 Å². The molecule has 0 fully saturated rings. The highest BCUT2D eigenvalue weighted by Gasteiger charge is 2.16. The number of esters is 1. The Morgan fingerprint density at radius 2 is 1.78 bits per heavy atom. The number of rotatable bonds is 8. The minimum Gasteiger partial charge on any atom is -0.457 e. The molecule has 0 saturated heterocycles. The first-order valence-electron chi connectivity index (χ1n) is 6.10. The molecule has 0 unspecified atom stereocenters. The lowest BCUT2D eigenvalue weighted by Crippen LogP contribution is -2.20. The summed E-state index contributed by atoms with van der Waals surface area (Å²) in [5, 5.41) is 0. The van der Waals surface area contributed by atoms with E-state index in [1.807, 2.05) is 0 Å². The van der Waals surface area contributed by atoms with Gasteiger partial charge < -0.3 is 9.47 Å². The second-order valence-electron chi connectivity index (χ2n) is 3.80. The normalized spacial score (nSPS) is 10.1. The number of hydrogen-bond acceptors (Lipinski definition) is 4. The lowest BCUT2D eigenvalue weighted by atomic mass is 10.1. The molecule has 0 spiro atoms. The Bertz CT molecular complexity index is 373. The largest absolute Gasteiger partial charge is 0.457 e. The highest BCUT2D eigenvalue weighted by Crippen LogP contribution is 2.01. The van der Waals surface area contributed by atoms with Crippen LogP contribution in [0.15, 0.2) is 30.3 Å². The number of carbonyl (C=O) groups is 2. The summed E-state index contributed by atoms with van der Waals surface area (Å²) in [5.41, 5.74) is 0.342. The van der Waals surface area contributed by atoms with Crippen LogP contribution in [-0.4, -0.2) is 31.6 Å². The summed E-state index contributed by atoms with van der Waals surface area (Å²) in [6.07, 6.45) is 2.04. The van der Waals surface area contributed by atoms with Crippen LogP contribution in [0.3, 0.4) is 0 Å². The van der Waals surface area contributed by atoms with Gasteiger partial charge in [0.25, 0.3) is 5.78 Å². The van der Waals surface area contributed by atoms with Gasteiger partial charge in [0.05, 0.1) is 6.61 Å². The Hall–Kier alpha value is -1.68. The second kappa shape index (κ2) is 8.42. The fourth-order valence-electron chi connectivity index (χ4n) is 1.31. The summed E-state index contributed by atoms with van der Waals surface area (Å²) < 4.78 is 10.0.